The molecular weight excluding hydrogens is 243 g/mol. The monoisotopic (exact) mass is 259 g/mol. The number of aromatic nitrogens is 2. The lowest BCUT2D eigenvalue weighted by atomic mass is 9.89. The van der Waals surface area contributed by atoms with Crippen molar-refractivity contribution in [1.29, 1.82) is 0 Å². The van der Waals surface area contributed by atoms with Crippen LogP contribution < -0.4 is 11.0 Å². The molecule has 0 aliphatic carbocycles. The van der Waals surface area contributed by atoms with Gasteiger partial charge < -0.3 is 15.1 Å². The maximum atomic E-state index is 11.7. The number of hydrogen-bond acceptors (Lipinski definition) is 3. The Morgan fingerprint density at radius 3 is 2.63 bits per heavy atom. The topological polar surface area (TPSA) is 86.6 Å². The smallest absolute Gasteiger partial charge is 0.328 e. The van der Waals surface area contributed by atoms with Crippen LogP contribution in [0.15, 0.2) is 41.6 Å². The van der Waals surface area contributed by atoms with Gasteiger partial charge in [-0.15, -0.1) is 0 Å². The summed E-state index contributed by atoms with van der Waals surface area (Å²) in [4.78, 5) is 15.7. The van der Waals surface area contributed by atoms with E-state index in [1.165, 1.54) is 0 Å². The largest absolute Gasteiger partial charge is 0.450 e. The summed E-state index contributed by atoms with van der Waals surface area (Å²) in [5, 5.41) is 8.98. The molecule has 2 aromatic heterocycles. The molecule has 0 spiro atoms. The molecule has 0 fully saturated rings. The third kappa shape index (κ3) is 3.30. The zero-order valence-corrected chi connectivity index (χ0v) is 10.9. The van der Waals surface area contributed by atoms with Crippen molar-refractivity contribution in [3.05, 3.63) is 47.1 Å². The maximum Gasteiger partial charge on any atom is 0.328 e. The van der Waals surface area contributed by atoms with Gasteiger partial charge in [-0.2, -0.15) is 0 Å². The molecule has 0 bridgehead atoms. The molecule has 0 atom stereocenters. The zero-order valence-electron chi connectivity index (χ0n) is 10.9. The van der Waals surface area contributed by atoms with Crippen LogP contribution in [0.5, 0.6) is 0 Å². The van der Waals surface area contributed by atoms with Crippen molar-refractivity contribution >= 4 is 12.9 Å². The van der Waals surface area contributed by atoms with E-state index in [0.717, 1.165) is 18.6 Å². The first kappa shape index (κ1) is 15.1. The predicted molar refractivity (Wildman–Crippen MR) is 75.5 cm³/mol. The average Bonchev–Trinajstić information content (AvgIpc) is 2.39. The minimum atomic E-state index is -0.0217. The highest BCUT2D eigenvalue weighted by atomic mass is 16.2. The Balaban J connectivity index is 0.00000180. The van der Waals surface area contributed by atoms with Crippen molar-refractivity contribution < 1.29 is 10.5 Å². The fraction of sp³-hybridized carbons (Fsp3) is 0.231. The van der Waals surface area contributed by atoms with E-state index in [2.05, 4.69) is 4.98 Å². The van der Waals surface area contributed by atoms with Crippen molar-refractivity contribution in [2.75, 3.05) is 0 Å². The minimum Gasteiger partial charge on any atom is -0.450 e. The van der Waals surface area contributed by atoms with Gasteiger partial charge in [0.1, 0.15) is 0 Å². The van der Waals surface area contributed by atoms with Crippen molar-refractivity contribution in [2.24, 2.45) is 0 Å². The Hall–Kier alpha value is -1.92. The fourth-order valence-electron chi connectivity index (χ4n) is 1.76. The van der Waals surface area contributed by atoms with Gasteiger partial charge >= 0.3 is 7.48 Å². The zero-order chi connectivity index (χ0) is 13.1. The molecule has 1 radical (unpaired) electrons. The van der Waals surface area contributed by atoms with E-state index in [-0.39, 0.29) is 17.1 Å². The number of nitrogens with zero attached hydrogens (tertiary/aromatic N) is 2. The summed E-state index contributed by atoms with van der Waals surface area (Å²) in [5.74, 6) is 0. The molecule has 0 saturated carbocycles. The summed E-state index contributed by atoms with van der Waals surface area (Å²) in [7, 11) is 1.01. The van der Waals surface area contributed by atoms with Gasteiger partial charge in [0.25, 0.3) is 5.56 Å². The molecule has 3 N–H and O–H groups in total. The van der Waals surface area contributed by atoms with Crippen LogP contribution in [-0.4, -0.2) is 27.5 Å². The Morgan fingerprint density at radius 2 is 2.00 bits per heavy atom. The van der Waals surface area contributed by atoms with E-state index in [4.69, 9.17) is 5.02 Å². The number of rotatable bonds is 3. The molecule has 0 saturated heterocycles. The first-order valence-corrected chi connectivity index (χ1v) is 5.77. The molecule has 0 unspecified atom stereocenters. The Morgan fingerprint density at radius 1 is 1.26 bits per heavy atom. The standard InChI is InChI=1S/C13H14BN2O2.H2O/c1-9(2)16-8-10(3-4-13(16)17)11-5-12(14-18)7-15-6-11;/h3-9,18H,1-2H3;1H2. The lowest BCUT2D eigenvalue weighted by molar-refractivity contribution is 0.579. The summed E-state index contributed by atoms with van der Waals surface area (Å²) in [6.07, 6.45) is 5.09. The number of hydrogen-bond donors (Lipinski definition) is 1. The van der Waals surface area contributed by atoms with Gasteiger partial charge in [-0.3, -0.25) is 9.78 Å². The average molecular weight is 259 g/mol. The molecule has 0 amide bonds. The molecule has 0 aromatic carbocycles. The molecule has 5 nitrogen and oxygen atoms in total. The van der Waals surface area contributed by atoms with E-state index < -0.39 is 0 Å². The SMILES string of the molecule is CC(C)n1cc(-c2cncc([B]O)c2)ccc1=O.O. The van der Waals surface area contributed by atoms with Crippen molar-refractivity contribution in [3.8, 4) is 11.1 Å². The van der Waals surface area contributed by atoms with E-state index >= 15 is 0 Å². The van der Waals surface area contributed by atoms with Crippen molar-refractivity contribution in [2.45, 2.75) is 19.9 Å². The third-order valence-corrected chi connectivity index (χ3v) is 2.74. The highest BCUT2D eigenvalue weighted by Crippen LogP contribution is 2.16. The third-order valence-electron chi connectivity index (χ3n) is 2.74. The van der Waals surface area contributed by atoms with Crippen LogP contribution in [0, 0.1) is 0 Å². The molecule has 2 heterocycles. The van der Waals surface area contributed by atoms with Gasteiger partial charge in [0.2, 0.25) is 0 Å². The quantitative estimate of drug-likeness (QED) is 0.781. The predicted octanol–water partition coefficient (Wildman–Crippen LogP) is -0.0967. The molecular formula is C13H16BN2O3. The lowest BCUT2D eigenvalue weighted by Gasteiger charge is -2.11. The lowest BCUT2D eigenvalue weighted by Crippen LogP contribution is -2.20. The van der Waals surface area contributed by atoms with Crippen LogP contribution in [0.4, 0.5) is 0 Å². The number of pyridine rings is 2. The summed E-state index contributed by atoms with van der Waals surface area (Å²) in [5.41, 5.74) is 2.38. The molecule has 99 valence electrons. The fourth-order valence-corrected chi connectivity index (χ4v) is 1.76. The molecule has 2 aromatic rings. The summed E-state index contributed by atoms with van der Waals surface area (Å²) in [6.45, 7) is 3.92. The normalized spacial score (nSPS) is 10.1. The first-order valence-electron chi connectivity index (χ1n) is 5.77. The van der Waals surface area contributed by atoms with Gasteiger partial charge in [0, 0.05) is 36.3 Å². The van der Waals surface area contributed by atoms with Gasteiger partial charge in [-0.25, -0.2) is 0 Å². The second-order valence-electron chi connectivity index (χ2n) is 4.39. The summed E-state index contributed by atoms with van der Waals surface area (Å²) >= 11 is 0. The highest BCUT2D eigenvalue weighted by Gasteiger charge is 2.05. The van der Waals surface area contributed by atoms with Crippen LogP contribution in [0.25, 0.3) is 11.1 Å². The molecule has 6 heteroatoms. The van der Waals surface area contributed by atoms with E-state index in [1.54, 1.807) is 29.1 Å². The maximum absolute atomic E-state index is 11.7. The Bertz CT molecular complexity index is 611. The van der Waals surface area contributed by atoms with Gasteiger partial charge in [-0.05, 0) is 30.9 Å². The van der Waals surface area contributed by atoms with Crippen LogP contribution >= 0.6 is 0 Å². The second kappa shape index (κ2) is 6.31. The van der Waals surface area contributed by atoms with Gasteiger partial charge in [0.15, 0.2) is 0 Å². The van der Waals surface area contributed by atoms with Crippen LogP contribution in [0.2, 0.25) is 0 Å². The van der Waals surface area contributed by atoms with E-state index in [1.807, 2.05) is 26.1 Å². The molecule has 0 aliphatic heterocycles. The molecule has 2 rings (SSSR count). The van der Waals surface area contributed by atoms with Crippen molar-refractivity contribution in [1.82, 2.24) is 9.55 Å². The Labute approximate surface area is 112 Å². The molecule has 19 heavy (non-hydrogen) atoms. The van der Waals surface area contributed by atoms with Crippen molar-refractivity contribution in [3.63, 3.8) is 0 Å². The van der Waals surface area contributed by atoms with Crippen LogP contribution in [-0.2, 0) is 0 Å². The van der Waals surface area contributed by atoms with Crippen LogP contribution in [0.3, 0.4) is 0 Å². The second-order valence-corrected chi connectivity index (χ2v) is 4.39. The molecule has 0 aliphatic rings. The first-order chi connectivity index (χ1) is 8.61. The Kier molecular flexibility index (Phi) is 5.03. The summed E-state index contributed by atoms with van der Waals surface area (Å²) in [6, 6.07) is 5.24. The van der Waals surface area contributed by atoms with E-state index in [9.17, 15) is 4.79 Å². The highest BCUT2D eigenvalue weighted by molar-refractivity contribution is 6.45. The van der Waals surface area contributed by atoms with Crippen LogP contribution in [0.1, 0.15) is 19.9 Å². The minimum absolute atomic E-state index is 0. The van der Waals surface area contributed by atoms with Gasteiger partial charge in [0.05, 0.1) is 0 Å². The summed E-state index contributed by atoms with van der Waals surface area (Å²) < 4.78 is 1.67. The van der Waals surface area contributed by atoms with Gasteiger partial charge in [-0.1, -0.05) is 6.07 Å². The van der Waals surface area contributed by atoms with E-state index in [0.29, 0.717) is 5.46 Å².